The quantitative estimate of drug-likeness (QED) is 0.572. The van der Waals surface area contributed by atoms with Crippen LogP contribution in [0.25, 0.3) is 6.08 Å². The van der Waals surface area contributed by atoms with Gasteiger partial charge in [0.05, 0.1) is 6.04 Å². The Morgan fingerprint density at radius 1 is 1.38 bits per heavy atom. The zero-order valence-corrected chi connectivity index (χ0v) is 15.1. The smallest absolute Gasteiger partial charge is 0.331 e. The molecule has 0 radical (unpaired) electrons. The van der Waals surface area contributed by atoms with Crippen molar-refractivity contribution in [1.82, 2.24) is 5.32 Å². The lowest BCUT2D eigenvalue weighted by Crippen LogP contribution is -2.30. The van der Waals surface area contributed by atoms with Gasteiger partial charge in [0.15, 0.2) is 11.3 Å². The second-order valence-corrected chi connectivity index (χ2v) is 6.15. The Labute approximate surface area is 152 Å². The van der Waals surface area contributed by atoms with Crippen molar-refractivity contribution in [1.29, 1.82) is 0 Å². The molecule has 0 saturated carbocycles. The topological polar surface area (TPSA) is 68.5 Å². The Morgan fingerprint density at radius 3 is 2.83 bits per heavy atom. The molecule has 1 aromatic carbocycles. The van der Waals surface area contributed by atoms with E-state index in [1.807, 2.05) is 13.0 Å². The molecule has 2 aromatic rings. The number of amides is 1. The summed E-state index contributed by atoms with van der Waals surface area (Å²) in [5.74, 6) is -0.532. The zero-order valence-electron chi connectivity index (χ0n) is 12.8. The van der Waals surface area contributed by atoms with Crippen LogP contribution in [0.5, 0.6) is 0 Å². The van der Waals surface area contributed by atoms with Crippen LogP contribution in [0.1, 0.15) is 24.3 Å². The van der Waals surface area contributed by atoms with Crippen LogP contribution in [-0.4, -0.2) is 18.5 Å². The number of furan rings is 1. The van der Waals surface area contributed by atoms with Crippen molar-refractivity contribution in [2.75, 3.05) is 6.61 Å². The van der Waals surface area contributed by atoms with Gasteiger partial charge in [0.2, 0.25) is 0 Å². The number of rotatable bonds is 6. The molecule has 24 heavy (non-hydrogen) atoms. The molecule has 0 aliphatic carbocycles. The SMILES string of the molecule is C[C@@H](NC(=O)COC(=O)/C=C/c1ccc(Br)o1)c1cccc(Cl)c1. The van der Waals surface area contributed by atoms with Crippen molar-refractivity contribution in [3.63, 3.8) is 0 Å². The molecule has 0 aliphatic rings. The van der Waals surface area contributed by atoms with E-state index in [2.05, 4.69) is 21.2 Å². The molecule has 1 amide bonds. The number of hydrogen-bond acceptors (Lipinski definition) is 4. The Hall–Kier alpha value is -2.05. The van der Waals surface area contributed by atoms with Gasteiger partial charge in [-0.25, -0.2) is 4.79 Å². The van der Waals surface area contributed by atoms with Gasteiger partial charge >= 0.3 is 5.97 Å². The van der Waals surface area contributed by atoms with Gasteiger partial charge in [-0.3, -0.25) is 4.79 Å². The number of esters is 1. The predicted octanol–water partition coefficient (Wildman–Crippen LogP) is 4.13. The predicted molar refractivity (Wildman–Crippen MR) is 94.4 cm³/mol. The van der Waals surface area contributed by atoms with Gasteiger partial charge in [0.25, 0.3) is 5.91 Å². The van der Waals surface area contributed by atoms with E-state index in [0.717, 1.165) is 5.56 Å². The molecule has 0 spiro atoms. The number of carbonyl (C=O) groups excluding carboxylic acids is 2. The summed E-state index contributed by atoms with van der Waals surface area (Å²) >= 11 is 9.07. The summed E-state index contributed by atoms with van der Waals surface area (Å²) in [6, 6.07) is 10.3. The monoisotopic (exact) mass is 411 g/mol. The van der Waals surface area contributed by atoms with E-state index >= 15 is 0 Å². The maximum Gasteiger partial charge on any atom is 0.331 e. The van der Waals surface area contributed by atoms with E-state index in [9.17, 15) is 9.59 Å². The molecule has 2 rings (SSSR count). The van der Waals surface area contributed by atoms with Crippen LogP contribution in [0.4, 0.5) is 0 Å². The molecular formula is C17H15BrClNO4. The number of nitrogens with one attached hydrogen (secondary N) is 1. The van der Waals surface area contributed by atoms with E-state index in [1.54, 1.807) is 30.3 Å². The van der Waals surface area contributed by atoms with Crippen LogP contribution in [0.3, 0.4) is 0 Å². The molecule has 1 atom stereocenters. The zero-order chi connectivity index (χ0) is 17.5. The number of hydrogen-bond donors (Lipinski definition) is 1. The normalized spacial score (nSPS) is 12.1. The van der Waals surface area contributed by atoms with Crippen molar-refractivity contribution in [3.05, 3.63) is 63.5 Å². The summed E-state index contributed by atoms with van der Waals surface area (Å²) in [7, 11) is 0. The van der Waals surface area contributed by atoms with E-state index in [4.69, 9.17) is 20.8 Å². The average molecular weight is 413 g/mol. The van der Waals surface area contributed by atoms with Crippen LogP contribution >= 0.6 is 27.5 Å². The van der Waals surface area contributed by atoms with Gasteiger partial charge in [-0.15, -0.1) is 0 Å². The fourth-order valence-corrected chi connectivity index (χ4v) is 2.41. The van der Waals surface area contributed by atoms with Gasteiger partial charge in [-0.1, -0.05) is 23.7 Å². The Bertz CT molecular complexity index is 757. The van der Waals surface area contributed by atoms with Gasteiger partial charge in [-0.2, -0.15) is 0 Å². The molecule has 5 nitrogen and oxygen atoms in total. The number of halogens is 2. The third-order valence-electron chi connectivity index (χ3n) is 3.05. The fraction of sp³-hybridized carbons (Fsp3) is 0.176. The first-order valence-electron chi connectivity index (χ1n) is 7.09. The van der Waals surface area contributed by atoms with Crippen LogP contribution in [-0.2, 0) is 14.3 Å². The van der Waals surface area contributed by atoms with E-state index < -0.39 is 11.9 Å². The van der Waals surface area contributed by atoms with Crippen molar-refractivity contribution in [2.24, 2.45) is 0 Å². The maximum absolute atomic E-state index is 11.8. The molecule has 0 saturated heterocycles. The molecule has 1 aromatic heterocycles. The van der Waals surface area contributed by atoms with Crippen LogP contribution in [0, 0.1) is 0 Å². The largest absolute Gasteiger partial charge is 0.452 e. The minimum absolute atomic E-state index is 0.245. The summed E-state index contributed by atoms with van der Waals surface area (Å²) in [4.78, 5) is 23.4. The highest BCUT2D eigenvalue weighted by Gasteiger charge is 2.11. The highest BCUT2D eigenvalue weighted by molar-refractivity contribution is 9.10. The van der Waals surface area contributed by atoms with Crippen molar-refractivity contribution < 1.29 is 18.7 Å². The summed E-state index contributed by atoms with van der Waals surface area (Å²) in [6.07, 6.45) is 2.65. The second-order valence-electron chi connectivity index (χ2n) is 4.93. The van der Waals surface area contributed by atoms with Gasteiger partial charge in [0, 0.05) is 11.1 Å². The Morgan fingerprint density at radius 2 is 2.17 bits per heavy atom. The maximum atomic E-state index is 11.8. The van der Waals surface area contributed by atoms with Gasteiger partial charge in [-0.05, 0) is 58.8 Å². The summed E-state index contributed by atoms with van der Waals surface area (Å²) in [5, 5.41) is 3.32. The molecule has 1 N–H and O–H groups in total. The number of benzene rings is 1. The van der Waals surface area contributed by atoms with Gasteiger partial charge in [0.1, 0.15) is 5.76 Å². The molecule has 0 aliphatic heterocycles. The summed E-state index contributed by atoms with van der Waals surface area (Å²) in [6.45, 7) is 1.45. The molecule has 1 heterocycles. The number of ether oxygens (including phenoxy) is 1. The molecule has 0 fully saturated rings. The Balaban J connectivity index is 1.78. The molecule has 0 unspecified atom stereocenters. The van der Waals surface area contributed by atoms with E-state index in [0.29, 0.717) is 15.5 Å². The first-order chi connectivity index (χ1) is 11.4. The van der Waals surface area contributed by atoms with Crippen molar-refractivity contribution in [3.8, 4) is 0 Å². The second kappa shape index (κ2) is 8.70. The highest BCUT2D eigenvalue weighted by Crippen LogP contribution is 2.17. The van der Waals surface area contributed by atoms with E-state index in [1.165, 1.54) is 12.2 Å². The van der Waals surface area contributed by atoms with Crippen molar-refractivity contribution >= 4 is 45.5 Å². The lowest BCUT2D eigenvalue weighted by molar-refractivity contribution is -0.144. The van der Waals surface area contributed by atoms with Crippen molar-refractivity contribution in [2.45, 2.75) is 13.0 Å². The average Bonchev–Trinajstić information content (AvgIpc) is 2.96. The number of carbonyl (C=O) groups is 2. The summed E-state index contributed by atoms with van der Waals surface area (Å²) < 4.78 is 10.6. The first-order valence-corrected chi connectivity index (χ1v) is 8.26. The third-order valence-corrected chi connectivity index (χ3v) is 3.71. The lowest BCUT2D eigenvalue weighted by Gasteiger charge is -2.14. The Kier molecular flexibility index (Phi) is 6.63. The summed E-state index contributed by atoms with van der Waals surface area (Å²) in [5.41, 5.74) is 0.866. The fourth-order valence-electron chi connectivity index (χ4n) is 1.90. The standard InChI is InChI=1S/C17H15BrClNO4/c1-11(12-3-2-4-13(19)9-12)20-16(21)10-23-17(22)8-6-14-5-7-15(18)24-14/h2-9,11H,10H2,1H3,(H,20,21)/b8-6+/t11-/m1/s1. The molecular weight excluding hydrogens is 398 g/mol. The van der Waals surface area contributed by atoms with E-state index in [-0.39, 0.29) is 12.6 Å². The molecule has 126 valence electrons. The molecule has 7 heteroatoms. The third kappa shape index (κ3) is 5.86. The van der Waals surface area contributed by atoms with Crippen LogP contribution < -0.4 is 5.32 Å². The first kappa shape index (κ1) is 18.3. The lowest BCUT2D eigenvalue weighted by atomic mass is 10.1. The van der Waals surface area contributed by atoms with Gasteiger partial charge < -0.3 is 14.5 Å². The molecule has 0 bridgehead atoms. The van der Waals surface area contributed by atoms with Crippen LogP contribution in [0.2, 0.25) is 5.02 Å². The highest BCUT2D eigenvalue weighted by atomic mass is 79.9. The van der Waals surface area contributed by atoms with Crippen LogP contribution in [0.15, 0.2) is 51.6 Å². The minimum atomic E-state index is -0.631. The minimum Gasteiger partial charge on any atom is -0.452 e.